The topological polar surface area (TPSA) is 176 Å². The van der Waals surface area contributed by atoms with Crippen LogP contribution in [0.5, 0.6) is 0 Å². The second kappa shape index (κ2) is 9.43. The molecule has 198 valence electrons. The summed E-state index contributed by atoms with van der Waals surface area (Å²) < 4.78 is 69.4. The SMILES string of the molecule is CC(C)S(=O)(=O)n1c(N)nc2ccc(-c3c(-c4ccccc4F)nc(N)n3C3CC3)cc21.CS(=O)(=O)O. The number of nitrogens with zero attached hydrogens (tertiary/aromatic N) is 4. The van der Waals surface area contributed by atoms with Crippen LogP contribution in [0.1, 0.15) is 32.7 Å². The molecule has 1 saturated carbocycles. The third-order valence-electron chi connectivity index (χ3n) is 5.74. The zero-order chi connectivity index (χ0) is 27.3. The van der Waals surface area contributed by atoms with Gasteiger partial charge >= 0.3 is 0 Å². The maximum Gasteiger partial charge on any atom is 0.261 e. The van der Waals surface area contributed by atoms with E-state index >= 15 is 0 Å². The summed E-state index contributed by atoms with van der Waals surface area (Å²) in [6.45, 7) is 3.17. The first kappa shape index (κ1) is 26.6. The van der Waals surface area contributed by atoms with Crippen LogP contribution in [-0.4, -0.2) is 51.4 Å². The fourth-order valence-electron chi connectivity index (χ4n) is 3.97. The summed E-state index contributed by atoms with van der Waals surface area (Å²) in [6, 6.07) is 11.8. The molecule has 1 fully saturated rings. The van der Waals surface area contributed by atoms with Gasteiger partial charge in [-0.2, -0.15) is 8.42 Å². The Bertz CT molecular complexity index is 1700. The number of fused-ring (bicyclic) bond motifs is 1. The molecule has 14 heteroatoms. The van der Waals surface area contributed by atoms with Gasteiger partial charge in [-0.3, -0.25) is 4.55 Å². The smallest absolute Gasteiger partial charge is 0.261 e. The van der Waals surface area contributed by atoms with Crippen molar-refractivity contribution >= 4 is 43.1 Å². The Morgan fingerprint density at radius 3 is 2.22 bits per heavy atom. The van der Waals surface area contributed by atoms with Crippen LogP contribution in [0.2, 0.25) is 0 Å². The molecule has 0 amide bonds. The van der Waals surface area contributed by atoms with Crippen LogP contribution in [0.3, 0.4) is 0 Å². The molecule has 5 rings (SSSR count). The second-order valence-corrected chi connectivity index (χ2v) is 12.8. The molecule has 2 heterocycles. The molecule has 0 saturated heterocycles. The second-order valence-electron chi connectivity index (χ2n) is 9.01. The fourth-order valence-corrected chi connectivity index (χ4v) is 5.11. The first-order valence-electron chi connectivity index (χ1n) is 11.3. The maximum absolute atomic E-state index is 14.7. The largest absolute Gasteiger partial charge is 0.369 e. The van der Waals surface area contributed by atoms with E-state index in [0.29, 0.717) is 45.8 Å². The van der Waals surface area contributed by atoms with E-state index in [1.54, 1.807) is 50.2 Å². The first-order chi connectivity index (χ1) is 17.2. The van der Waals surface area contributed by atoms with E-state index in [2.05, 4.69) is 9.97 Å². The number of benzene rings is 2. The normalized spacial score (nSPS) is 14.1. The van der Waals surface area contributed by atoms with Crippen LogP contribution < -0.4 is 11.5 Å². The number of aromatic nitrogens is 4. The van der Waals surface area contributed by atoms with Crippen LogP contribution in [0.4, 0.5) is 16.3 Å². The Morgan fingerprint density at radius 2 is 1.65 bits per heavy atom. The monoisotopic (exact) mass is 550 g/mol. The van der Waals surface area contributed by atoms with Crippen molar-refractivity contribution < 1.29 is 25.8 Å². The number of nitrogens with two attached hydrogens (primary N) is 2. The minimum atomic E-state index is -3.75. The molecule has 0 spiro atoms. The molecule has 11 nitrogen and oxygen atoms in total. The zero-order valence-electron chi connectivity index (χ0n) is 20.3. The average Bonchev–Trinajstić information content (AvgIpc) is 3.47. The van der Waals surface area contributed by atoms with Crippen molar-refractivity contribution in [2.45, 2.75) is 38.0 Å². The van der Waals surface area contributed by atoms with Gasteiger partial charge in [0.05, 0.1) is 28.2 Å². The van der Waals surface area contributed by atoms with E-state index < -0.39 is 31.2 Å². The predicted octanol–water partition coefficient (Wildman–Crippen LogP) is 3.30. The highest BCUT2D eigenvalue weighted by molar-refractivity contribution is 7.90. The predicted molar refractivity (Wildman–Crippen MR) is 140 cm³/mol. The molecule has 0 radical (unpaired) electrons. The average molecular weight is 551 g/mol. The lowest BCUT2D eigenvalue weighted by molar-refractivity contribution is 0.490. The lowest BCUT2D eigenvalue weighted by Gasteiger charge is -2.13. The Morgan fingerprint density at radius 1 is 1.03 bits per heavy atom. The molecule has 0 unspecified atom stereocenters. The number of imidazole rings is 2. The van der Waals surface area contributed by atoms with Crippen LogP contribution >= 0.6 is 0 Å². The van der Waals surface area contributed by atoms with E-state index in [0.717, 1.165) is 16.8 Å². The number of rotatable bonds is 5. The van der Waals surface area contributed by atoms with Crippen LogP contribution in [-0.2, 0) is 20.1 Å². The summed E-state index contributed by atoms with van der Waals surface area (Å²) in [5.41, 5.74) is 15.1. The third-order valence-corrected chi connectivity index (χ3v) is 7.82. The summed E-state index contributed by atoms with van der Waals surface area (Å²) in [5, 5.41) is -0.688. The standard InChI is InChI=1S/C22H23FN6O2S.CH4O3S/c1-12(2)32(30,31)29-18-11-13(7-10-17(18)26-22(29)25)20-19(15-5-3-4-6-16(15)23)27-21(24)28(20)14-8-9-14;1-5(2,3)4/h3-7,10-12,14H,8-9H2,1-2H3,(H2,24,27)(H2,25,26);1H3,(H,2,3,4). The number of anilines is 2. The number of nitrogen functional groups attached to an aromatic ring is 2. The van der Waals surface area contributed by atoms with Gasteiger partial charge in [0.1, 0.15) is 11.5 Å². The zero-order valence-corrected chi connectivity index (χ0v) is 22.0. The van der Waals surface area contributed by atoms with E-state index in [4.69, 9.17) is 16.0 Å². The quantitative estimate of drug-likeness (QED) is 0.315. The lowest BCUT2D eigenvalue weighted by atomic mass is 10.0. The van der Waals surface area contributed by atoms with Gasteiger partial charge in [-0.25, -0.2) is 26.7 Å². The molecule has 1 aliphatic rings. The highest BCUT2D eigenvalue weighted by Gasteiger charge is 2.32. The van der Waals surface area contributed by atoms with E-state index in [-0.39, 0.29) is 12.0 Å². The molecule has 37 heavy (non-hydrogen) atoms. The number of hydrogen-bond acceptors (Lipinski definition) is 8. The van der Waals surface area contributed by atoms with Gasteiger partial charge in [-0.15, -0.1) is 0 Å². The lowest BCUT2D eigenvalue weighted by Crippen LogP contribution is -2.23. The van der Waals surface area contributed by atoms with Gasteiger partial charge in [0, 0.05) is 17.2 Å². The van der Waals surface area contributed by atoms with Crippen molar-refractivity contribution in [3.05, 3.63) is 48.3 Å². The maximum atomic E-state index is 14.7. The molecule has 2 aromatic carbocycles. The highest BCUT2D eigenvalue weighted by Crippen LogP contribution is 2.45. The molecule has 1 aliphatic carbocycles. The van der Waals surface area contributed by atoms with E-state index in [9.17, 15) is 21.2 Å². The van der Waals surface area contributed by atoms with E-state index in [1.807, 2.05) is 4.57 Å². The minimum absolute atomic E-state index is 0.101. The van der Waals surface area contributed by atoms with Gasteiger partial charge in [-0.05, 0) is 51.0 Å². The fraction of sp³-hybridized carbons (Fsp3) is 0.304. The van der Waals surface area contributed by atoms with Crippen molar-refractivity contribution in [3.63, 3.8) is 0 Å². The number of halogens is 1. The Hall–Kier alpha value is -3.49. The van der Waals surface area contributed by atoms with Crippen LogP contribution in [0.15, 0.2) is 42.5 Å². The van der Waals surface area contributed by atoms with E-state index in [1.165, 1.54) is 6.07 Å². The van der Waals surface area contributed by atoms with Crippen molar-refractivity contribution in [2.24, 2.45) is 0 Å². The summed E-state index contributed by atoms with van der Waals surface area (Å²) in [6.07, 6.45) is 2.60. The van der Waals surface area contributed by atoms with Crippen molar-refractivity contribution in [3.8, 4) is 22.5 Å². The molecule has 0 aliphatic heterocycles. The van der Waals surface area contributed by atoms with Crippen LogP contribution in [0, 0.1) is 5.82 Å². The van der Waals surface area contributed by atoms with Gasteiger partial charge < -0.3 is 16.0 Å². The van der Waals surface area contributed by atoms with Crippen LogP contribution in [0.25, 0.3) is 33.5 Å². The highest BCUT2D eigenvalue weighted by atomic mass is 32.2. The van der Waals surface area contributed by atoms with Gasteiger partial charge in [0.2, 0.25) is 21.9 Å². The van der Waals surface area contributed by atoms with Crippen molar-refractivity contribution in [1.29, 1.82) is 0 Å². The summed E-state index contributed by atoms with van der Waals surface area (Å²) in [4.78, 5) is 8.72. The molecule has 0 atom stereocenters. The molecular weight excluding hydrogens is 523 g/mol. The van der Waals surface area contributed by atoms with Gasteiger partial charge in [0.25, 0.3) is 10.1 Å². The van der Waals surface area contributed by atoms with Crippen molar-refractivity contribution in [2.75, 3.05) is 17.7 Å². The van der Waals surface area contributed by atoms with Gasteiger partial charge in [-0.1, -0.05) is 18.2 Å². The molecule has 0 bridgehead atoms. The molecule has 5 N–H and O–H groups in total. The Labute approximate surface area is 213 Å². The Balaban J connectivity index is 0.000000586. The summed E-state index contributed by atoms with van der Waals surface area (Å²) in [7, 11) is -7.41. The third kappa shape index (κ3) is 5.31. The first-order valence-corrected chi connectivity index (χ1v) is 14.6. The molecular formula is C23H27FN6O5S2. The number of hydrogen-bond donors (Lipinski definition) is 3. The Kier molecular flexibility index (Phi) is 6.77. The summed E-state index contributed by atoms with van der Waals surface area (Å²) >= 11 is 0. The van der Waals surface area contributed by atoms with Crippen molar-refractivity contribution in [1.82, 2.24) is 18.5 Å². The molecule has 2 aromatic heterocycles. The molecule has 4 aromatic rings. The summed E-state index contributed by atoms with van der Waals surface area (Å²) in [5.74, 6) is -0.217. The van der Waals surface area contributed by atoms with Gasteiger partial charge in [0.15, 0.2) is 0 Å². The minimum Gasteiger partial charge on any atom is -0.369 e.